The van der Waals surface area contributed by atoms with Crippen LogP contribution in [0.5, 0.6) is 0 Å². The van der Waals surface area contributed by atoms with Crippen LogP contribution >= 0.6 is 11.8 Å². The van der Waals surface area contributed by atoms with Gasteiger partial charge in [0.2, 0.25) is 5.91 Å². The van der Waals surface area contributed by atoms with Gasteiger partial charge in [-0.25, -0.2) is 0 Å². The highest BCUT2D eigenvalue weighted by Crippen LogP contribution is 2.04. The smallest absolute Gasteiger partial charge is 0.235 e. The standard InChI is InChI=1S/C7H17N3OS/c1-2-5(8)3-12-4-6(9)7(10)11/h5-6H,2-4,8-9H2,1H3,(H2,10,11). The molecule has 0 aromatic heterocycles. The van der Waals surface area contributed by atoms with E-state index in [0.29, 0.717) is 5.75 Å². The molecule has 4 nitrogen and oxygen atoms in total. The fourth-order valence-electron chi connectivity index (χ4n) is 0.546. The molecule has 0 bridgehead atoms. The quantitative estimate of drug-likeness (QED) is 0.516. The van der Waals surface area contributed by atoms with Gasteiger partial charge >= 0.3 is 0 Å². The lowest BCUT2D eigenvalue weighted by molar-refractivity contribution is -0.118. The zero-order valence-electron chi connectivity index (χ0n) is 7.32. The summed E-state index contributed by atoms with van der Waals surface area (Å²) in [6.45, 7) is 2.03. The number of hydrogen-bond donors (Lipinski definition) is 3. The molecule has 0 saturated carbocycles. The highest BCUT2D eigenvalue weighted by atomic mass is 32.2. The van der Waals surface area contributed by atoms with Gasteiger partial charge in [0.05, 0.1) is 6.04 Å². The molecule has 5 heteroatoms. The molecule has 0 aliphatic heterocycles. The minimum atomic E-state index is -0.543. The Morgan fingerprint density at radius 1 is 1.42 bits per heavy atom. The Morgan fingerprint density at radius 2 is 2.00 bits per heavy atom. The van der Waals surface area contributed by atoms with Gasteiger partial charge in [-0.3, -0.25) is 4.79 Å². The van der Waals surface area contributed by atoms with E-state index in [1.807, 2.05) is 6.92 Å². The van der Waals surface area contributed by atoms with Crippen molar-refractivity contribution in [1.29, 1.82) is 0 Å². The molecule has 12 heavy (non-hydrogen) atoms. The summed E-state index contributed by atoms with van der Waals surface area (Å²) in [7, 11) is 0. The van der Waals surface area contributed by atoms with Crippen LogP contribution in [-0.4, -0.2) is 29.5 Å². The minimum absolute atomic E-state index is 0.190. The molecule has 0 aliphatic rings. The molecular weight excluding hydrogens is 174 g/mol. The van der Waals surface area contributed by atoms with Crippen molar-refractivity contribution in [2.75, 3.05) is 11.5 Å². The maximum atomic E-state index is 10.5. The largest absolute Gasteiger partial charge is 0.368 e. The lowest BCUT2D eigenvalue weighted by Gasteiger charge is -2.10. The number of rotatable bonds is 6. The van der Waals surface area contributed by atoms with Crippen LogP contribution in [0.25, 0.3) is 0 Å². The SMILES string of the molecule is CCC(N)CSCC(N)C(N)=O. The van der Waals surface area contributed by atoms with E-state index >= 15 is 0 Å². The van der Waals surface area contributed by atoms with E-state index in [9.17, 15) is 4.79 Å². The van der Waals surface area contributed by atoms with Crippen LogP contribution in [0.4, 0.5) is 0 Å². The maximum Gasteiger partial charge on any atom is 0.235 e. The molecule has 0 aliphatic carbocycles. The first kappa shape index (κ1) is 11.7. The minimum Gasteiger partial charge on any atom is -0.368 e. The van der Waals surface area contributed by atoms with E-state index in [1.54, 1.807) is 11.8 Å². The lowest BCUT2D eigenvalue weighted by atomic mass is 10.3. The molecule has 0 aromatic carbocycles. The average Bonchev–Trinajstić information content (AvgIpc) is 2.03. The third kappa shape index (κ3) is 5.40. The second kappa shape index (κ2) is 6.28. The van der Waals surface area contributed by atoms with Gasteiger partial charge in [-0.05, 0) is 6.42 Å². The Morgan fingerprint density at radius 3 is 2.42 bits per heavy atom. The van der Waals surface area contributed by atoms with Crippen molar-refractivity contribution in [1.82, 2.24) is 0 Å². The first-order valence-electron chi connectivity index (χ1n) is 3.96. The predicted molar refractivity (Wildman–Crippen MR) is 52.8 cm³/mol. The van der Waals surface area contributed by atoms with Gasteiger partial charge in [-0.1, -0.05) is 6.92 Å². The Balaban J connectivity index is 3.37. The van der Waals surface area contributed by atoms with Crippen LogP contribution < -0.4 is 17.2 Å². The van der Waals surface area contributed by atoms with Gasteiger partial charge in [-0.15, -0.1) is 0 Å². The van der Waals surface area contributed by atoms with Gasteiger partial charge in [0.25, 0.3) is 0 Å². The Labute approximate surface area is 77.2 Å². The average molecular weight is 191 g/mol. The summed E-state index contributed by atoms with van der Waals surface area (Å²) in [6.07, 6.45) is 0.943. The third-order valence-corrected chi connectivity index (χ3v) is 2.78. The van der Waals surface area contributed by atoms with Crippen molar-refractivity contribution in [2.45, 2.75) is 25.4 Å². The molecule has 6 N–H and O–H groups in total. The summed E-state index contributed by atoms with van der Waals surface area (Å²) in [5, 5.41) is 0. The monoisotopic (exact) mass is 191 g/mol. The summed E-state index contributed by atoms with van der Waals surface area (Å²) in [4.78, 5) is 10.5. The number of primary amides is 1. The molecule has 0 heterocycles. The van der Waals surface area contributed by atoms with Crippen molar-refractivity contribution in [3.63, 3.8) is 0 Å². The van der Waals surface area contributed by atoms with Crippen LogP contribution in [0, 0.1) is 0 Å². The van der Waals surface area contributed by atoms with E-state index in [0.717, 1.165) is 12.2 Å². The summed E-state index contributed by atoms with van der Waals surface area (Å²) in [5.41, 5.74) is 16.0. The first-order valence-corrected chi connectivity index (χ1v) is 5.11. The van der Waals surface area contributed by atoms with E-state index in [2.05, 4.69) is 0 Å². The van der Waals surface area contributed by atoms with E-state index < -0.39 is 11.9 Å². The Hall–Kier alpha value is -0.260. The van der Waals surface area contributed by atoms with E-state index in [1.165, 1.54) is 0 Å². The number of thioether (sulfide) groups is 1. The number of amides is 1. The number of carbonyl (C=O) groups is 1. The number of hydrogen-bond acceptors (Lipinski definition) is 4. The zero-order valence-corrected chi connectivity index (χ0v) is 8.14. The molecule has 2 atom stereocenters. The molecule has 0 fully saturated rings. The second-order valence-electron chi connectivity index (χ2n) is 2.71. The lowest BCUT2D eigenvalue weighted by Crippen LogP contribution is -2.38. The van der Waals surface area contributed by atoms with E-state index in [4.69, 9.17) is 17.2 Å². The molecular formula is C7H17N3OS. The highest BCUT2D eigenvalue weighted by Gasteiger charge is 2.09. The summed E-state index contributed by atoms with van der Waals surface area (Å²) in [5.74, 6) is 0.938. The summed E-state index contributed by atoms with van der Waals surface area (Å²) >= 11 is 1.57. The number of carbonyl (C=O) groups excluding carboxylic acids is 1. The second-order valence-corrected chi connectivity index (χ2v) is 3.79. The summed E-state index contributed by atoms with van der Waals surface area (Å²) < 4.78 is 0. The number of nitrogens with two attached hydrogens (primary N) is 3. The molecule has 0 aromatic rings. The molecule has 0 rings (SSSR count). The fourth-order valence-corrected chi connectivity index (χ4v) is 1.64. The zero-order chi connectivity index (χ0) is 9.56. The van der Waals surface area contributed by atoms with Crippen LogP contribution in [0.1, 0.15) is 13.3 Å². The normalized spacial score (nSPS) is 15.6. The van der Waals surface area contributed by atoms with Gasteiger partial charge in [-0.2, -0.15) is 11.8 Å². The fraction of sp³-hybridized carbons (Fsp3) is 0.857. The molecule has 72 valence electrons. The van der Waals surface area contributed by atoms with Gasteiger partial charge in [0.1, 0.15) is 0 Å². The molecule has 0 saturated heterocycles. The van der Waals surface area contributed by atoms with Crippen molar-refractivity contribution in [3.05, 3.63) is 0 Å². The van der Waals surface area contributed by atoms with Crippen LogP contribution in [0.2, 0.25) is 0 Å². The highest BCUT2D eigenvalue weighted by molar-refractivity contribution is 7.99. The molecule has 1 amide bonds. The van der Waals surface area contributed by atoms with Gasteiger partial charge in [0.15, 0.2) is 0 Å². The van der Waals surface area contributed by atoms with Crippen molar-refractivity contribution >= 4 is 17.7 Å². The van der Waals surface area contributed by atoms with Crippen LogP contribution in [0.15, 0.2) is 0 Å². The van der Waals surface area contributed by atoms with Gasteiger partial charge < -0.3 is 17.2 Å². The molecule has 0 spiro atoms. The van der Waals surface area contributed by atoms with Crippen molar-refractivity contribution in [2.24, 2.45) is 17.2 Å². The van der Waals surface area contributed by atoms with Crippen molar-refractivity contribution < 1.29 is 4.79 Å². The summed E-state index contributed by atoms with van der Waals surface area (Å²) in [6, 6.07) is -0.353. The Kier molecular flexibility index (Phi) is 6.14. The van der Waals surface area contributed by atoms with Crippen molar-refractivity contribution in [3.8, 4) is 0 Å². The van der Waals surface area contributed by atoms with Crippen LogP contribution in [0.3, 0.4) is 0 Å². The predicted octanol–water partition coefficient (Wildman–Crippen LogP) is -0.730. The first-order chi connectivity index (χ1) is 5.57. The topological polar surface area (TPSA) is 95.1 Å². The van der Waals surface area contributed by atoms with E-state index in [-0.39, 0.29) is 6.04 Å². The molecule has 0 radical (unpaired) electrons. The van der Waals surface area contributed by atoms with Crippen LogP contribution in [-0.2, 0) is 4.79 Å². The third-order valence-electron chi connectivity index (χ3n) is 1.52. The Bertz CT molecular complexity index is 143. The maximum absolute atomic E-state index is 10.5. The van der Waals surface area contributed by atoms with Gasteiger partial charge in [0, 0.05) is 17.5 Å². The molecule has 2 unspecified atom stereocenters.